The molecule has 0 bridgehead atoms. The van der Waals surface area contributed by atoms with Gasteiger partial charge in [-0.2, -0.15) is 0 Å². The van der Waals surface area contributed by atoms with Gasteiger partial charge in [-0.1, -0.05) is 83.0 Å². The highest BCUT2D eigenvalue weighted by Gasteiger charge is 2.41. The Balaban J connectivity index is 1.62. The quantitative estimate of drug-likeness (QED) is 0.503. The van der Waals surface area contributed by atoms with E-state index < -0.39 is 5.60 Å². The molecule has 0 amide bonds. The maximum atomic E-state index is 6.16. The Morgan fingerprint density at radius 2 is 1.52 bits per heavy atom. The van der Waals surface area contributed by atoms with Gasteiger partial charge in [-0.25, -0.2) is 0 Å². The topological polar surface area (TPSA) is 21.6 Å². The summed E-state index contributed by atoms with van der Waals surface area (Å²) in [4.78, 5) is 7.41. The molecule has 0 saturated carbocycles. The number of thioether (sulfide) groups is 1. The number of hydrogen-bond donors (Lipinski definition) is 0. The zero-order valence-electron chi connectivity index (χ0n) is 15.7. The van der Waals surface area contributed by atoms with E-state index >= 15 is 0 Å². The second kappa shape index (κ2) is 7.61. The third kappa shape index (κ3) is 3.93. The van der Waals surface area contributed by atoms with Crippen molar-refractivity contribution in [1.29, 1.82) is 0 Å². The summed E-state index contributed by atoms with van der Waals surface area (Å²) in [5.74, 6) is 0.818. The lowest BCUT2D eigenvalue weighted by molar-refractivity contribution is -0.00317. The van der Waals surface area contributed by atoms with Crippen molar-refractivity contribution in [3.05, 3.63) is 101 Å². The van der Waals surface area contributed by atoms with Crippen LogP contribution in [0.15, 0.2) is 88.9 Å². The molecule has 0 unspecified atom stereocenters. The largest absolute Gasteiger partial charge is 0.383 e. The zero-order valence-corrected chi connectivity index (χ0v) is 16.5. The fraction of sp³-hybridized carbons (Fsp3) is 0.208. The van der Waals surface area contributed by atoms with Crippen molar-refractivity contribution in [2.45, 2.75) is 30.8 Å². The molecule has 0 radical (unpaired) electrons. The van der Waals surface area contributed by atoms with Gasteiger partial charge in [0.25, 0.3) is 0 Å². The summed E-state index contributed by atoms with van der Waals surface area (Å²) in [5, 5.41) is 4.53. The van der Waals surface area contributed by atoms with Crippen LogP contribution in [-0.4, -0.2) is 11.5 Å². The van der Waals surface area contributed by atoms with Gasteiger partial charge in [0.15, 0.2) is 5.60 Å². The summed E-state index contributed by atoms with van der Waals surface area (Å²) < 4.78 is 0. The van der Waals surface area contributed by atoms with Gasteiger partial charge in [0.05, 0.1) is 5.71 Å². The third-order valence-electron chi connectivity index (χ3n) is 4.85. The SMILES string of the molecule is Cc1cc(C)cc(C2=NO[C@](CSc3ccccc3)(c3ccccc3)C2)c1. The third-order valence-corrected chi connectivity index (χ3v) is 6.07. The lowest BCUT2D eigenvalue weighted by Crippen LogP contribution is -2.29. The molecule has 0 spiro atoms. The summed E-state index contributed by atoms with van der Waals surface area (Å²) in [7, 11) is 0. The molecule has 0 saturated heterocycles. The monoisotopic (exact) mass is 373 g/mol. The highest BCUT2D eigenvalue weighted by atomic mass is 32.2. The average Bonchev–Trinajstić information content (AvgIpc) is 3.13. The first-order valence-electron chi connectivity index (χ1n) is 9.22. The number of benzene rings is 3. The molecule has 136 valence electrons. The van der Waals surface area contributed by atoms with E-state index in [1.165, 1.54) is 21.6 Å². The summed E-state index contributed by atoms with van der Waals surface area (Å²) in [6, 6.07) is 27.5. The van der Waals surface area contributed by atoms with Crippen LogP contribution in [0.25, 0.3) is 0 Å². The van der Waals surface area contributed by atoms with Crippen LogP contribution in [-0.2, 0) is 10.4 Å². The highest BCUT2D eigenvalue weighted by molar-refractivity contribution is 7.99. The highest BCUT2D eigenvalue weighted by Crippen LogP contribution is 2.41. The molecule has 0 fully saturated rings. The van der Waals surface area contributed by atoms with Crippen LogP contribution >= 0.6 is 11.8 Å². The van der Waals surface area contributed by atoms with Gasteiger partial charge in [-0.3, -0.25) is 0 Å². The Labute approximate surface area is 165 Å². The maximum absolute atomic E-state index is 6.16. The van der Waals surface area contributed by atoms with Crippen LogP contribution in [0.4, 0.5) is 0 Å². The Bertz CT molecular complexity index is 932. The van der Waals surface area contributed by atoms with Crippen LogP contribution < -0.4 is 0 Å². The standard InChI is InChI=1S/C24H23NOS/c1-18-13-19(2)15-20(14-18)23-16-24(26-25-23,21-9-5-3-6-10-21)17-27-22-11-7-4-8-12-22/h3-15H,16-17H2,1-2H3/t24-/m1/s1. The van der Waals surface area contributed by atoms with Gasteiger partial charge in [-0.05, 0) is 37.1 Å². The van der Waals surface area contributed by atoms with Gasteiger partial charge in [0.2, 0.25) is 0 Å². The average molecular weight is 374 g/mol. The van der Waals surface area contributed by atoms with Crippen molar-refractivity contribution in [3.8, 4) is 0 Å². The number of oxime groups is 1. The van der Waals surface area contributed by atoms with Crippen LogP contribution in [0.5, 0.6) is 0 Å². The number of aryl methyl sites for hydroxylation is 2. The normalized spacial score (nSPS) is 18.8. The van der Waals surface area contributed by atoms with Crippen molar-refractivity contribution in [2.75, 3.05) is 5.75 Å². The van der Waals surface area contributed by atoms with E-state index in [4.69, 9.17) is 4.84 Å². The summed E-state index contributed by atoms with van der Waals surface area (Å²) >= 11 is 1.82. The fourth-order valence-electron chi connectivity index (χ4n) is 3.55. The first-order chi connectivity index (χ1) is 13.1. The van der Waals surface area contributed by atoms with Crippen LogP contribution in [0, 0.1) is 13.8 Å². The molecular formula is C24H23NOS. The maximum Gasteiger partial charge on any atom is 0.177 e. The summed E-state index contributed by atoms with van der Waals surface area (Å²) in [5.41, 5.74) is 5.44. The molecule has 1 aliphatic heterocycles. The zero-order chi connectivity index (χ0) is 18.7. The van der Waals surface area contributed by atoms with Crippen LogP contribution in [0.2, 0.25) is 0 Å². The molecule has 4 rings (SSSR count). The Morgan fingerprint density at radius 1 is 0.889 bits per heavy atom. The smallest absolute Gasteiger partial charge is 0.177 e. The van der Waals surface area contributed by atoms with E-state index in [2.05, 4.69) is 85.7 Å². The first-order valence-corrected chi connectivity index (χ1v) is 10.2. The molecule has 3 heteroatoms. The molecule has 27 heavy (non-hydrogen) atoms. The predicted molar refractivity (Wildman–Crippen MR) is 113 cm³/mol. The van der Waals surface area contributed by atoms with Gasteiger partial charge >= 0.3 is 0 Å². The lowest BCUT2D eigenvalue weighted by Gasteiger charge is -2.27. The molecule has 1 heterocycles. The molecule has 0 aromatic heterocycles. The van der Waals surface area contributed by atoms with Crippen molar-refractivity contribution >= 4 is 17.5 Å². The van der Waals surface area contributed by atoms with E-state index in [-0.39, 0.29) is 0 Å². The summed E-state index contributed by atoms with van der Waals surface area (Å²) in [6.07, 6.45) is 0.778. The minimum absolute atomic E-state index is 0.436. The van der Waals surface area contributed by atoms with Crippen molar-refractivity contribution < 1.29 is 4.84 Å². The van der Waals surface area contributed by atoms with Gasteiger partial charge in [0, 0.05) is 17.1 Å². The Kier molecular flexibility index (Phi) is 5.04. The number of rotatable bonds is 5. The second-order valence-corrected chi connectivity index (χ2v) is 8.19. The van der Waals surface area contributed by atoms with E-state index in [9.17, 15) is 0 Å². The van der Waals surface area contributed by atoms with Crippen LogP contribution in [0.1, 0.15) is 28.7 Å². The number of nitrogens with zero attached hydrogens (tertiary/aromatic N) is 1. The Morgan fingerprint density at radius 3 is 2.19 bits per heavy atom. The van der Waals surface area contributed by atoms with E-state index in [0.717, 1.165) is 23.4 Å². The molecule has 1 aliphatic rings. The molecule has 1 atom stereocenters. The van der Waals surface area contributed by atoms with Crippen molar-refractivity contribution in [3.63, 3.8) is 0 Å². The van der Waals surface area contributed by atoms with Crippen molar-refractivity contribution in [2.24, 2.45) is 5.16 Å². The molecule has 3 aromatic rings. The molecule has 0 N–H and O–H groups in total. The van der Waals surface area contributed by atoms with Gasteiger partial charge in [-0.15, -0.1) is 11.8 Å². The predicted octanol–water partition coefficient (Wildman–Crippen LogP) is 6.12. The van der Waals surface area contributed by atoms with Crippen LogP contribution in [0.3, 0.4) is 0 Å². The Hall–Kier alpha value is -2.52. The van der Waals surface area contributed by atoms with E-state index in [1.807, 2.05) is 23.9 Å². The second-order valence-electron chi connectivity index (χ2n) is 7.14. The van der Waals surface area contributed by atoms with E-state index in [1.54, 1.807) is 0 Å². The first kappa shape index (κ1) is 17.9. The lowest BCUT2D eigenvalue weighted by atomic mass is 9.88. The molecule has 3 aromatic carbocycles. The fourth-order valence-corrected chi connectivity index (χ4v) is 4.62. The van der Waals surface area contributed by atoms with E-state index in [0.29, 0.717) is 0 Å². The molecule has 2 nitrogen and oxygen atoms in total. The minimum Gasteiger partial charge on any atom is -0.383 e. The minimum atomic E-state index is -0.436. The number of hydrogen-bond acceptors (Lipinski definition) is 3. The van der Waals surface area contributed by atoms with Gasteiger partial charge in [0.1, 0.15) is 0 Å². The van der Waals surface area contributed by atoms with Crippen molar-refractivity contribution in [1.82, 2.24) is 0 Å². The van der Waals surface area contributed by atoms with Gasteiger partial charge < -0.3 is 4.84 Å². The molecular weight excluding hydrogens is 350 g/mol. The molecule has 0 aliphatic carbocycles. The summed E-state index contributed by atoms with van der Waals surface area (Å²) in [6.45, 7) is 4.26.